The lowest BCUT2D eigenvalue weighted by atomic mass is 9.77. The maximum atomic E-state index is 14.7. The SMILES string of the molecule is CN1CCN(c2ccc3cc2C(=O)NC[C@@H]2C[C@H]4C[C@H]2[C@@H](Nc2nc(ncc2F)N3)[C@H]4C(N)=O)CC1. The van der Waals surface area contributed by atoms with Crippen molar-refractivity contribution < 1.29 is 14.0 Å². The molecule has 2 aliphatic carbocycles. The molecule has 5 atom stereocenters. The Bertz CT molecular complexity index is 1200. The number of halogens is 1. The van der Waals surface area contributed by atoms with Crippen LogP contribution in [0.5, 0.6) is 0 Å². The minimum absolute atomic E-state index is 0.0467. The van der Waals surface area contributed by atoms with E-state index in [-0.39, 0.29) is 47.4 Å². The van der Waals surface area contributed by atoms with Gasteiger partial charge in [-0.05, 0) is 55.8 Å². The Morgan fingerprint density at radius 3 is 2.75 bits per heavy atom. The average Bonchev–Trinajstić information content (AvgIpc) is 3.43. The van der Waals surface area contributed by atoms with Gasteiger partial charge in [-0.25, -0.2) is 9.37 Å². The number of likely N-dealkylation sites (N-methyl/N-ethyl adjacent to an activating group) is 1. The molecule has 11 heteroatoms. The van der Waals surface area contributed by atoms with Gasteiger partial charge in [0.15, 0.2) is 11.6 Å². The second-order valence-electron chi connectivity index (χ2n) is 10.5. The second-order valence-corrected chi connectivity index (χ2v) is 10.5. The predicted octanol–water partition coefficient (Wildman–Crippen LogP) is 1.39. The number of nitrogens with two attached hydrogens (primary N) is 1. The smallest absolute Gasteiger partial charge is 0.253 e. The van der Waals surface area contributed by atoms with Crippen molar-refractivity contribution in [3.63, 3.8) is 0 Å². The summed E-state index contributed by atoms with van der Waals surface area (Å²) >= 11 is 0. The van der Waals surface area contributed by atoms with Crippen molar-refractivity contribution in [2.24, 2.45) is 29.4 Å². The highest BCUT2D eigenvalue weighted by Gasteiger charge is 2.55. The molecule has 1 aromatic heterocycles. The van der Waals surface area contributed by atoms with Crippen molar-refractivity contribution in [2.45, 2.75) is 18.9 Å². The van der Waals surface area contributed by atoms with Gasteiger partial charge in [0.25, 0.3) is 5.91 Å². The highest BCUT2D eigenvalue weighted by molar-refractivity contribution is 6.01. The molecular weight excluding hydrogens is 463 g/mol. The lowest BCUT2D eigenvalue weighted by Crippen LogP contribution is -2.47. The Morgan fingerprint density at radius 1 is 1.17 bits per heavy atom. The fourth-order valence-corrected chi connectivity index (χ4v) is 6.59. The highest BCUT2D eigenvalue weighted by Crippen LogP contribution is 2.52. The first kappa shape index (κ1) is 23.0. The van der Waals surface area contributed by atoms with Crippen molar-refractivity contribution in [1.82, 2.24) is 20.2 Å². The van der Waals surface area contributed by atoms with Gasteiger partial charge in [-0.3, -0.25) is 9.59 Å². The molecule has 1 saturated heterocycles. The summed E-state index contributed by atoms with van der Waals surface area (Å²) in [6.07, 6.45) is 2.73. The first-order chi connectivity index (χ1) is 17.4. The molecule has 3 fully saturated rings. The molecule has 2 amide bonds. The van der Waals surface area contributed by atoms with E-state index < -0.39 is 11.7 Å². The third-order valence-corrected chi connectivity index (χ3v) is 8.38. The number of rotatable bonds is 2. The van der Waals surface area contributed by atoms with Gasteiger partial charge in [0.1, 0.15) is 0 Å². The normalized spacial score (nSPS) is 29.7. The van der Waals surface area contributed by atoms with Crippen LogP contribution in [0.15, 0.2) is 24.4 Å². The Balaban J connectivity index is 1.38. The van der Waals surface area contributed by atoms with E-state index in [1.165, 1.54) is 0 Å². The number of primary amides is 1. The number of hydrogen-bond donors (Lipinski definition) is 4. The topological polar surface area (TPSA) is 129 Å². The van der Waals surface area contributed by atoms with E-state index in [2.05, 4.69) is 42.8 Å². The average molecular weight is 495 g/mol. The first-order valence-electron chi connectivity index (χ1n) is 12.6. The summed E-state index contributed by atoms with van der Waals surface area (Å²) in [4.78, 5) is 38.8. The van der Waals surface area contributed by atoms with Gasteiger partial charge >= 0.3 is 0 Å². The minimum atomic E-state index is -0.588. The van der Waals surface area contributed by atoms with Crippen LogP contribution in [0.4, 0.5) is 27.5 Å². The minimum Gasteiger partial charge on any atom is -0.369 e. The van der Waals surface area contributed by atoms with Crippen molar-refractivity contribution in [2.75, 3.05) is 55.3 Å². The van der Waals surface area contributed by atoms with Gasteiger partial charge in [-0.2, -0.15) is 4.98 Å². The Kier molecular flexibility index (Phi) is 5.66. The number of nitrogens with zero attached hydrogens (tertiary/aromatic N) is 4. The molecule has 2 aromatic rings. The fourth-order valence-electron chi connectivity index (χ4n) is 6.59. The maximum Gasteiger partial charge on any atom is 0.253 e. The van der Waals surface area contributed by atoms with Crippen LogP contribution in [0.25, 0.3) is 0 Å². The number of fused-ring (bicyclic) bond motifs is 5. The quantitative estimate of drug-likeness (QED) is 0.493. The number of amides is 2. The lowest BCUT2D eigenvalue weighted by molar-refractivity contribution is -0.123. The molecule has 1 aromatic carbocycles. The zero-order valence-electron chi connectivity index (χ0n) is 20.2. The molecular formula is C25H31FN8O2. The lowest BCUT2D eigenvalue weighted by Gasteiger charge is -2.36. The summed E-state index contributed by atoms with van der Waals surface area (Å²) in [6, 6.07) is 5.29. The molecule has 0 radical (unpaired) electrons. The van der Waals surface area contributed by atoms with Crippen LogP contribution in [0.3, 0.4) is 0 Å². The third-order valence-electron chi connectivity index (χ3n) is 8.38. The van der Waals surface area contributed by atoms with Gasteiger partial charge in [0, 0.05) is 50.1 Å². The monoisotopic (exact) mass is 494 g/mol. The van der Waals surface area contributed by atoms with E-state index in [4.69, 9.17) is 5.73 Å². The number of benzene rings is 1. The van der Waals surface area contributed by atoms with E-state index in [1.54, 1.807) is 6.07 Å². The molecule has 2 saturated carbocycles. The summed E-state index contributed by atoms with van der Waals surface area (Å²) < 4.78 is 14.7. The molecule has 6 bridgehead atoms. The Labute approximate surface area is 208 Å². The molecule has 36 heavy (non-hydrogen) atoms. The standard InChI is InChI=1S/C25H31FN8O2/c1-33-4-6-34(7-5-33)19-3-2-15-10-17(19)24(36)28-11-14-8-13-9-16(14)21(20(13)22(27)35)31-23-18(26)12-29-25(30-15)32-23/h2-3,10,12-14,16,20-21H,4-9,11H2,1H3,(H2,27,35)(H,28,36)(H2,29,30,31,32)/t13-,14-,16+,20-,21+/m0/s1. The maximum absolute atomic E-state index is 14.7. The van der Waals surface area contributed by atoms with Gasteiger partial charge in [-0.1, -0.05) is 0 Å². The second kappa shape index (κ2) is 8.88. The molecule has 5 N–H and O–H groups in total. The predicted molar refractivity (Wildman–Crippen MR) is 134 cm³/mol. The number of carbonyl (C=O) groups excluding carboxylic acids is 2. The van der Waals surface area contributed by atoms with Crippen LogP contribution in [0, 0.1) is 29.5 Å². The zero-order chi connectivity index (χ0) is 25.0. The van der Waals surface area contributed by atoms with Crippen molar-refractivity contribution >= 4 is 35.0 Å². The summed E-state index contributed by atoms with van der Waals surface area (Å²) in [5.41, 5.74) is 7.86. The van der Waals surface area contributed by atoms with Crippen LogP contribution in [-0.2, 0) is 4.79 Å². The van der Waals surface area contributed by atoms with Gasteiger partial charge in [0.05, 0.1) is 17.7 Å². The fraction of sp³-hybridized carbons (Fsp3) is 0.520. The molecule has 2 aliphatic heterocycles. The van der Waals surface area contributed by atoms with Crippen LogP contribution >= 0.6 is 0 Å². The first-order valence-corrected chi connectivity index (χ1v) is 12.6. The number of hydrogen-bond acceptors (Lipinski definition) is 8. The van der Waals surface area contributed by atoms with Crippen LogP contribution in [-0.4, -0.2) is 72.5 Å². The van der Waals surface area contributed by atoms with Crippen LogP contribution in [0.1, 0.15) is 23.2 Å². The van der Waals surface area contributed by atoms with Crippen LogP contribution in [0.2, 0.25) is 0 Å². The van der Waals surface area contributed by atoms with Gasteiger partial charge < -0.3 is 31.5 Å². The Morgan fingerprint density at radius 2 is 1.97 bits per heavy atom. The number of piperazine rings is 1. The number of carbonyl (C=O) groups is 2. The molecule has 4 aliphatic rings. The third kappa shape index (κ3) is 4.01. The van der Waals surface area contributed by atoms with E-state index >= 15 is 0 Å². The molecule has 3 heterocycles. The molecule has 190 valence electrons. The largest absolute Gasteiger partial charge is 0.369 e. The van der Waals surface area contributed by atoms with Crippen LogP contribution < -0.4 is 26.6 Å². The number of nitrogens with one attached hydrogen (secondary N) is 3. The van der Waals surface area contributed by atoms with E-state index in [1.807, 2.05) is 12.1 Å². The zero-order valence-corrected chi connectivity index (χ0v) is 20.2. The molecule has 0 spiro atoms. The highest BCUT2D eigenvalue weighted by atomic mass is 19.1. The van der Waals surface area contributed by atoms with E-state index in [0.717, 1.165) is 50.9 Å². The van der Waals surface area contributed by atoms with Gasteiger partial charge in [0.2, 0.25) is 11.9 Å². The molecule has 0 unspecified atom stereocenters. The van der Waals surface area contributed by atoms with E-state index in [0.29, 0.717) is 17.8 Å². The Hall–Kier alpha value is -3.47. The van der Waals surface area contributed by atoms with Gasteiger partial charge in [-0.15, -0.1) is 0 Å². The summed E-state index contributed by atoms with van der Waals surface area (Å²) in [5.74, 6) is -0.932. The summed E-state index contributed by atoms with van der Waals surface area (Å²) in [6.45, 7) is 4.01. The number of aromatic nitrogens is 2. The van der Waals surface area contributed by atoms with E-state index in [9.17, 15) is 14.0 Å². The number of anilines is 4. The van der Waals surface area contributed by atoms with Crippen molar-refractivity contribution in [3.8, 4) is 0 Å². The van der Waals surface area contributed by atoms with Crippen molar-refractivity contribution in [1.29, 1.82) is 0 Å². The summed E-state index contributed by atoms with van der Waals surface area (Å²) in [5, 5.41) is 9.44. The molecule has 6 rings (SSSR count). The van der Waals surface area contributed by atoms with Crippen molar-refractivity contribution in [3.05, 3.63) is 35.8 Å². The summed E-state index contributed by atoms with van der Waals surface area (Å²) in [7, 11) is 2.10. The molecule has 10 nitrogen and oxygen atoms in total.